The van der Waals surface area contributed by atoms with Gasteiger partial charge in [-0.05, 0) is 86.4 Å². The van der Waals surface area contributed by atoms with Crippen molar-refractivity contribution in [1.29, 1.82) is 0 Å². The molecule has 190 valence electrons. The number of amides is 1. The second-order valence-corrected chi connectivity index (χ2v) is 10.5. The number of thiophene rings is 1. The van der Waals surface area contributed by atoms with Crippen LogP contribution in [0.5, 0.6) is 5.75 Å². The maximum Gasteiger partial charge on any atom is 0.261 e. The average Bonchev–Trinajstić information content (AvgIpc) is 3.53. The molecule has 5 nitrogen and oxygen atoms in total. The molecular weight excluding hydrogens is 490 g/mol. The third kappa shape index (κ3) is 6.89. The number of unbranched alkanes of at least 4 members (excludes halogenated alkanes) is 3. The molecule has 0 radical (unpaired) electrons. The number of carbonyl (C=O) groups is 1. The van der Waals surface area contributed by atoms with E-state index in [4.69, 9.17) is 21.3 Å². The fourth-order valence-electron chi connectivity index (χ4n) is 4.40. The van der Waals surface area contributed by atoms with Crippen LogP contribution in [0.3, 0.4) is 0 Å². The summed E-state index contributed by atoms with van der Waals surface area (Å²) in [6.07, 6.45) is 6.01. The van der Waals surface area contributed by atoms with Gasteiger partial charge in [-0.25, -0.2) is 4.98 Å². The largest absolute Gasteiger partial charge is 0.494 e. The fraction of sp³-hybridized carbons (Fsp3) is 0.379. The molecule has 0 bridgehead atoms. The topological polar surface area (TPSA) is 56.1 Å². The third-order valence-corrected chi connectivity index (χ3v) is 7.76. The van der Waals surface area contributed by atoms with Crippen LogP contribution >= 0.6 is 22.9 Å². The molecule has 0 unspecified atom stereocenters. The third-order valence-electron chi connectivity index (χ3n) is 6.30. The molecule has 0 aliphatic carbocycles. The predicted octanol–water partition coefficient (Wildman–Crippen LogP) is 7.37. The highest BCUT2D eigenvalue weighted by atomic mass is 35.5. The first-order chi connectivity index (χ1) is 17.5. The van der Waals surface area contributed by atoms with Gasteiger partial charge in [0.25, 0.3) is 5.91 Å². The van der Waals surface area contributed by atoms with Gasteiger partial charge in [-0.15, -0.1) is 11.3 Å². The molecule has 0 aliphatic rings. The summed E-state index contributed by atoms with van der Waals surface area (Å²) < 4.78 is 8.36. The molecule has 0 fully saturated rings. The molecule has 1 N–H and O–H groups in total. The van der Waals surface area contributed by atoms with E-state index in [0.717, 1.165) is 83.2 Å². The summed E-state index contributed by atoms with van der Waals surface area (Å²) in [6.45, 7) is 6.33. The Kier molecular flexibility index (Phi) is 9.42. The number of hydrogen-bond acceptors (Lipinski definition) is 4. The van der Waals surface area contributed by atoms with Crippen LogP contribution in [0.4, 0.5) is 0 Å². The molecular formula is C29H34ClN3O2S. The van der Waals surface area contributed by atoms with Gasteiger partial charge >= 0.3 is 0 Å². The van der Waals surface area contributed by atoms with Crippen molar-refractivity contribution in [2.75, 3.05) is 13.2 Å². The van der Waals surface area contributed by atoms with Crippen molar-refractivity contribution in [1.82, 2.24) is 14.9 Å². The van der Waals surface area contributed by atoms with E-state index < -0.39 is 0 Å². The molecule has 7 heteroatoms. The molecule has 0 atom stereocenters. The van der Waals surface area contributed by atoms with Crippen molar-refractivity contribution >= 4 is 39.9 Å². The summed E-state index contributed by atoms with van der Waals surface area (Å²) in [5.41, 5.74) is 4.34. The van der Waals surface area contributed by atoms with Crippen molar-refractivity contribution in [3.05, 3.63) is 80.8 Å². The standard InChI is InChI=1S/C29H34ClN3O2S/c1-21-19-23(20-22(2)28(21)30)35-17-9-8-16-33-25-12-6-5-11-24(25)32-27(33)14-4-3-7-15-31-29(34)26-13-10-18-36-26/h5-6,10-13,18-20H,3-4,7-9,14-17H2,1-2H3,(H,31,34). The highest BCUT2D eigenvalue weighted by molar-refractivity contribution is 7.12. The van der Waals surface area contributed by atoms with Crippen LogP contribution in [0.15, 0.2) is 53.9 Å². The Morgan fingerprint density at radius 3 is 2.61 bits per heavy atom. The van der Waals surface area contributed by atoms with E-state index in [0.29, 0.717) is 13.2 Å². The first kappa shape index (κ1) is 26.2. The van der Waals surface area contributed by atoms with Gasteiger partial charge in [-0.2, -0.15) is 0 Å². The maximum absolute atomic E-state index is 12.0. The number of rotatable bonds is 13. The molecule has 0 spiro atoms. The Morgan fingerprint density at radius 2 is 1.83 bits per heavy atom. The lowest BCUT2D eigenvalue weighted by Gasteiger charge is -2.12. The number of nitrogens with zero attached hydrogens (tertiary/aromatic N) is 2. The van der Waals surface area contributed by atoms with Crippen LogP contribution in [0.1, 0.15) is 58.7 Å². The lowest BCUT2D eigenvalue weighted by Crippen LogP contribution is -2.23. The molecule has 0 aliphatic heterocycles. The number of fused-ring (bicyclic) bond motifs is 1. The second-order valence-electron chi connectivity index (χ2n) is 9.14. The number of hydrogen-bond donors (Lipinski definition) is 1. The highest BCUT2D eigenvalue weighted by Crippen LogP contribution is 2.26. The lowest BCUT2D eigenvalue weighted by atomic mass is 10.1. The van der Waals surface area contributed by atoms with Crippen molar-refractivity contribution in [3.63, 3.8) is 0 Å². The first-order valence-corrected chi connectivity index (χ1v) is 13.9. The molecule has 4 rings (SSSR count). The quantitative estimate of drug-likeness (QED) is 0.186. The molecule has 2 heterocycles. The van der Waals surface area contributed by atoms with Gasteiger partial charge in [-0.3, -0.25) is 4.79 Å². The van der Waals surface area contributed by atoms with Crippen molar-refractivity contribution < 1.29 is 9.53 Å². The maximum atomic E-state index is 12.0. The van der Waals surface area contributed by atoms with Gasteiger partial charge in [0.1, 0.15) is 11.6 Å². The molecule has 4 aromatic rings. The van der Waals surface area contributed by atoms with Crippen LogP contribution in [-0.4, -0.2) is 28.6 Å². The number of aromatic nitrogens is 2. The Balaban J connectivity index is 1.23. The highest BCUT2D eigenvalue weighted by Gasteiger charge is 2.11. The van der Waals surface area contributed by atoms with Crippen LogP contribution in [-0.2, 0) is 13.0 Å². The molecule has 2 aromatic carbocycles. The van der Waals surface area contributed by atoms with Crippen LogP contribution in [0, 0.1) is 13.8 Å². The Bertz CT molecular complexity index is 1260. The number of imidazole rings is 1. The van der Waals surface area contributed by atoms with E-state index in [1.54, 1.807) is 0 Å². The normalized spacial score (nSPS) is 11.2. The van der Waals surface area contributed by atoms with E-state index >= 15 is 0 Å². The summed E-state index contributed by atoms with van der Waals surface area (Å²) in [5.74, 6) is 2.05. The smallest absolute Gasteiger partial charge is 0.261 e. The zero-order chi connectivity index (χ0) is 25.3. The second kappa shape index (κ2) is 12.9. The summed E-state index contributed by atoms with van der Waals surface area (Å²) in [7, 11) is 0. The van der Waals surface area contributed by atoms with Gasteiger partial charge in [0.15, 0.2) is 0 Å². The van der Waals surface area contributed by atoms with Gasteiger partial charge in [0.2, 0.25) is 0 Å². The minimum atomic E-state index is 0.0251. The number of halogens is 1. The van der Waals surface area contributed by atoms with Crippen molar-refractivity contribution in [2.24, 2.45) is 0 Å². The number of para-hydroxylation sites is 2. The summed E-state index contributed by atoms with van der Waals surface area (Å²) in [5, 5.41) is 5.75. The van der Waals surface area contributed by atoms with Gasteiger partial charge in [0.05, 0.1) is 22.5 Å². The van der Waals surface area contributed by atoms with E-state index in [9.17, 15) is 4.79 Å². The SMILES string of the molecule is Cc1cc(OCCCCn2c(CCCCCNC(=O)c3cccs3)nc3ccccc32)cc(C)c1Cl. The number of benzene rings is 2. The minimum Gasteiger partial charge on any atom is -0.494 e. The van der Waals surface area contributed by atoms with Gasteiger partial charge < -0.3 is 14.6 Å². The fourth-order valence-corrected chi connectivity index (χ4v) is 5.15. The van der Waals surface area contributed by atoms with E-state index in [2.05, 4.69) is 28.1 Å². The summed E-state index contributed by atoms with van der Waals surface area (Å²) in [4.78, 5) is 17.7. The number of ether oxygens (including phenoxy) is 1. The molecule has 2 aromatic heterocycles. The Labute approximate surface area is 222 Å². The minimum absolute atomic E-state index is 0.0251. The average molecular weight is 524 g/mol. The van der Waals surface area contributed by atoms with E-state index in [1.165, 1.54) is 16.9 Å². The predicted molar refractivity (Wildman–Crippen MR) is 150 cm³/mol. The molecule has 0 saturated carbocycles. The Hall–Kier alpha value is -2.83. The first-order valence-electron chi connectivity index (χ1n) is 12.7. The zero-order valence-corrected chi connectivity index (χ0v) is 22.6. The van der Waals surface area contributed by atoms with Gasteiger partial charge in [-0.1, -0.05) is 36.2 Å². The molecule has 1 amide bonds. The van der Waals surface area contributed by atoms with E-state index in [1.807, 2.05) is 49.6 Å². The van der Waals surface area contributed by atoms with Gasteiger partial charge in [0, 0.05) is 24.5 Å². The van der Waals surface area contributed by atoms with Crippen LogP contribution < -0.4 is 10.1 Å². The summed E-state index contributed by atoms with van der Waals surface area (Å²) >= 11 is 7.74. The van der Waals surface area contributed by atoms with Crippen molar-refractivity contribution in [3.8, 4) is 5.75 Å². The monoisotopic (exact) mass is 523 g/mol. The summed E-state index contributed by atoms with van der Waals surface area (Å²) in [6, 6.07) is 16.1. The number of aryl methyl sites for hydroxylation is 4. The zero-order valence-electron chi connectivity index (χ0n) is 21.1. The number of nitrogens with one attached hydrogen (secondary N) is 1. The van der Waals surface area contributed by atoms with Crippen molar-refractivity contribution in [2.45, 2.75) is 58.9 Å². The lowest BCUT2D eigenvalue weighted by molar-refractivity contribution is 0.0957. The van der Waals surface area contributed by atoms with E-state index in [-0.39, 0.29) is 5.91 Å². The number of carbonyl (C=O) groups excluding carboxylic acids is 1. The molecule has 0 saturated heterocycles. The Morgan fingerprint density at radius 1 is 1.03 bits per heavy atom. The van der Waals surface area contributed by atoms with Crippen LogP contribution in [0.2, 0.25) is 5.02 Å². The molecule has 36 heavy (non-hydrogen) atoms. The van der Waals surface area contributed by atoms with Crippen LogP contribution in [0.25, 0.3) is 11.0 Å².